The number of nitrogens with zero attached hydrogens (tertiary/aromatic N) is 2. The Bertz CT molecular complexity index is 680. The number of hydrogen-bond acceptors (Lipinski definition) is 4. The third kappa shape index (κ3) is 2.38. The molecule has 1 amide bonds. The monoisotopic (exact) mass is 266 g/mol. The lowest BCUT2D eigenvalue weighted by molar-refractivity contribution is -0.121. The number of hydrazone groups is 1. The Labute approximate surface area is 116 Å². The number of benzene rings is 1. The Balaban J connectivity index is 1.94. The van der Waals surface area contributed by atoms with Crippen molar-refractivity contribution in [2.24, 2.45) is 5.10 Å². The molecule has 1 aromatic carbocycles. The molecule has 5 heteroatoms. The number of rotatable bonds is 2. The predicted molar refractivity (Wildman–Crippen MR) is 78.0 cm³/mol. The highest BCUT2D eigenvalue weighted by Crippen LogP contribution is 2.25. The molecule has 0 spiro atoms. The molecule has 0 saturated heterocycles. The van der Waals surface area contributed by atoms with Crippen LogP contribution >= 0.6 is 0 Å². The van der Waals surface area contributed by atoms with Crippen molar-refractivity contribution in [3.05, 3.63) is 48.3 Å². The van der Waals surface area contributed by atoms with Crippen LogP contribution in [0.5, 0.6) is 0 Å². The fraction of sp³-hybridized carbons (Fsp3) is 0.133. The molecule has 5 nitrogen and oxygen atoms in total. The lowest BCUT2D eigenvalue weighted by atomic mass is 9.98. The molecule has 1 aromatic heterocycles. The van der Waals surface area contributed by atoms with E-state index in [0.717, 1.165) is 22.4 Å². The van der Waals surface area contributed by atoms with Gasteiger partial charge >= 0.3 is 0 Å². The van der Waals surface area contributed by atoms with Crippen molar-refractivity contribution < 1.29 is 4.79 Å². The van der Waals surface area contributed by atoms with E-state index in [4.69, 9.17) is 5.73 Å². The van der Waals surface area contributed by atoms with Gasteiger partial charge in [-0.25, -0.2) is 5.43 Å². The maximum atomic E-state index is 11.1. The summed E-state index contributed by atoms with van der Waals surface area (Å²) in [5.41, 5.74) is 13.1. The smallest absolute Gasteiger partial charge is 0.240 e. The summed E-state index contributed by atoms with van der Waals surface area (Å²) in [4.78, 5) is 15.1. The molecule has 2 aromatic rings. The number of carbonyl (C=O) groups is 1. The van der Waals surface area contributed by atoms with E-state index in [2.05, 4.69) is 15.5 Å². The number of pyridine rings is 1. The van der Waals surface area contributed by atoms with E-state index < -0.39 is 0 Å². The van der Waals surface area contributed by atoms with Gasteiger partial charge in [-0.3, -0.25) is 9.78 Å². The largest absolute Gasteiger partial charge is 0.398 e. The minimum Gasteiger partial charge on any atom is -0.398 e. The van der Waals surface area contributed by atoms with Gasteiger partial charge in [0.15, 0.2) is 0 Å². The van der Waals surface area contributed by atoms with Gasteiger partial charge in [-0.15, -0.1) is 0 Å². The molecule has 0 atom stereocenters. The topological polar surface area (TPSA) is 80.4 Å². The van der Waals surface area contributed by atoms with E-state index in [1.807, 2.05) is 30.3 Å². The second kappa shape index (κ2) is 5.13. The van der Waals surface area contributed by atoms with Crippen LogP contribution in [0.4, 0.5) is 5.69 Å². The van der Waals surface area contributed by atoms with Gasteiger partial charge in [-0.05, 0) is 29.3 Å². The Morgan fingerprint density at radius 3 is 2.50 bits per heavy atom. The normalized spacial score (nSPS) is 14.6. The van der Waals surface area contributed by atoms with Crippen molar-refractivity contribution in [1.29, 1.82) is 0 Å². The molecule has 100 valence electrons. The van der Waals surface area contributed by atoms with Gasteiger partial charge in [0.25, 0.3) is 0 Å². The first-order chi connectivity index (χ1) is 9.74. The predicted octanol–water partition coefficient (Wildman–Crippen LogP) is 1.94. The first-order valence-electron chi connectivity index (χ1n) is 6.40. The lowest BCUT2D eigenvalue weighted by Gasteiger charge is -2.14. The third-order valence-electron chi connectivity index (χ3n) is 3.28. The van der Waals surface area contributed by atoms with Crippen molar-refractivity contribution in [3.63, 3.8) is 0 Å². The first kappa shape index (κ1) is 12.3. The van der Waals surface area contributed by atoms with Crippen LogP contribution in [0.1, 0.15) is 18.4 Å². The van der Waals surface area contributed by atoms with E-state index in [9.17, 15) is 4.79 Å². The fourth-order valence-electron chi connectivity index (χ4n) is 2.22. The fourth-order valence-corrected chi connectivity index (χ4v) is 2.22. The van der Waals surface area contributed by atoms with E-state index >= 15 is 0 Å². The third-order valence-corrected chi connectivity index (χ3v) is 3.28. The summed E-state index contributed by atoms with van der Waals surface area (Å²) in [6.07, 6.45) is 4.56. The van der Waals surface area contributed by atoms with E-state index in [1.165, 1.54) is 0 Å². The zero-order chi connectivity index (χ0) is 13.9. The van der Waals surface area contributed by atoms with Crippen molar-refractivity contribution in [2.75, 3.05) is 5.73 Å². The maximum absolute atomic E-state index is 11.1. The minimum absolute atomic E-state index is 0.0549. The average molecular weight is 266 g/mol. The molecule has 0 fully saturated rings. The van der Waals surface area contributed by atoms with E-state index in [-0.39, 0.29) is 5.91 Å². The number of aromatic nitrogens is 1. The van der Waals surface area contributed by atoms with Crippen LogP contribution in [0, 0.1) is 0 Å². The number of anilines is 1. The number of amides is 1. The van der Waals surface area contributed by atoms with Crippen LogP contribution in [0.15, 0.2) is 47.8 Å². The van der Waals surface area contributed by atoms with Crippen molar-refractivity contribution in [1.82, 2.24) is 10.4 Å². The molecule has 3 N–H and O–H groups in total. The molecule has 0 unspecified atom stereocenters. The number of nitrogens with one attached hydrogen (secondary N) is 1. The molecule has 0 radical (unpaired) electrons. The maximum Gasteiger partial charge on any atom is 0.240 e. The van der Waals surface area contributed by atoms with Gasteiger partial charge in [0.1, 0.15) is 0 Å². The molecule has 1 aliphatic heterocycles. The molecule has 0 bridgehead atoms. The molecule has 2 heterocycles. The number of carbonyl (C=O) groups excluding carboxylic acids is 1. The summed E-state index contributed by atoms with van der Waals surface area (Å²) in [6, 6.07) is 9.74. The summed E-state index contributed by atoms with van der Waals surface area (Å²) in [6.45, 7) is 0. The molecule has 20 heavy (non-hydrogen) atoms. The Hall–Kier alpha value is -2.69. The SMILES string of the molecule is Nc1cc(-c2ccncc2)ccc1C1=NNC(=O)CC1. The second-order valence-corrected chi connectivity index (χ2v) is 4.63. The summed E-state index contributed by atoms with van der Waals surface area (Å²) >= 11 is 0. The zero-order valence-electron chi connectivity index (χ0n) is 10.8. The van der Waals surface area contributed by atoms with Crippen LogP contribution in [0.2, 0.25) is 0 Å². The highest BCUT2D eigenvalue weighted by Gasteiger charge is 2.15. The number of hydrogen-bond donors (Lipinski definition) is 2. The molecular formula is C15H14N4O. The Morgan fingerprint density at radius 1 is 1.05 bits per heavy atom. The van der Waals surface area contributed by atoms with Gasteiger partial charge < -0.3 is 5.73 Å². The van der Waals surface area contributed by atoms with Crippen LogP contribution < -0.4 is 11.2 Å². The van der Waals surface area contributed by atoms with E-state index in [1.54, 1.807) is 12.4 Å². The van der Waals surface area contributed by atoms with Crippen LogP contribution in [0.3, 0.4) is 0 Å². The highest BCUT2D eigenvalue weighted by atomic mass is 16.2. The standard InChI is InChI=1S/C15H14N4O/c16-13-9-11(10-5-7-17-8-6-10)1-2-12(13)14-3-4-15(20)19-18-14/h1-2,5-9H,3-4,16H2,(H,19,20). The van der Waals surface area contributed by atoms with Crippen LogP contribution in [0.25, 0.3) is 11.1 Å². The van der Waals surface area contributed by atoms with Crippen LogP contribution in [-0.4, -0.2) is 16.6 Å². The van der Waals surface area contributed by atoms with Crippen molar-refractivity contribution in [3.8, 4) is 11.1 Å². The first-order valence-corrected chi connectivity index (χ1v) is 6.40. The van der Waals surface area contributed by atoms with Crippen LogP contribution in [-0.2, 0) is 4.79 Å². The summed E-state index contributed by atoms with van der Waals surface area (Å²) in [5.74, 6) is -0.0549. The van der Waals surface area contributed by atoms with Gasteiger partial charge in [-0.2, -0.15) is 5.10 Å². The van der Waals surface area contributed by atoms with Crippen molar-refractivity contribution in [2.45, 2.75) is 12.8 Å². The van der Waals surface area contributed by atoms with E-state index in [0.29, 0.717) is 18.5 Å². The quantitative estimate of drug-likeness (QED) is 0.815. The number of nitrogen functional groups attached to an aromatic ring is 1. The van der Waals surface area contributed by atoms with Gasteiger partial charge in [-0.1, -0.05) is 12.1 Å². The molecule has 0 saturated carbocycles. The molecule has 0 aliphatic carbocycles. The Morgan fingerprint density at radius 2 is 1.85 bits per heavy atom. The summed E-state index contributed by atoms with van der Waals surface area (Å²) in [5, 5.41) is 4.07. The van der Waals surface area contributed by atoms with Gasteiger partial charge in [0.2, 0.25) is 5.91 Å². The Kier molecular flexibility index (Phi) is 3.16. The molecule has 1 aliphatic rings. The zero-order valence-corrected chi connectivity index (χ0v) is 10.8. The highest BCUT2D eigenvalue weighted by molar-refractivity contribution is 6.07. The summed E-state index contributed by atoms with van der Waals surface area (Å²) in [7, 11) is 0. The number of nitrogens with two attached hydrogens (primary N) is 1. The summed E-state index contributed by atoms with van der Waals surface area (Å²) < 4.78 is 0. The average Bonchev–Trinajstić information content (AvgIpc) is 2.49. The molecule has 3 rings (SSSR count). The van der Waals surface area contributed by atoms with Crippen molar-refractivity contribution >= 4 is 17.3 Å². The van der Waals surface area contributed by atoms with Gasteiger partial charge in [0, 0.05) is 36.5 Å². The molecular weight excluding hydrogens is 252 g/mol. The second-order valence-electron chi connectivity index (χ2n) is 4.63. The van der Waals surface area contributed by atoms with Gasteiger partial charge in [0.05, 0.1) is 5.71 Å². The lowest BCUT2D eigenvalue weighted by Crippen LogP contribution is -2.26. The minimum atomic E-state index is -0.0549.